The van der Waals surface area contributed by atoms with Gasteiger partial charge in [0, 0.05) is 19.1 Å². The smallest absolute Gasteiger partial charge is 0.0688 e. The van der Waals surface area contributed by atoms with Crippen LogP contribution < -0.4 is 10.6 Å². The predicted molar refractivity (Wildman–Crippen MR) is 45.3 cm³/mol. The quantitative estimate of drug-likeness (QED) is 0.533. The summed E-state index contributed by atoms with van der Waals surface area (Å²) >= 11 is 2.07. The van der Waals surface area contributed by atoms with Crippen molar-refractivity contribution in [1.29, 1.82) is 0 Å². The van der Waals surface area contributed by atoms with Crippen LogP contribution in [0.4, 0.5) is 0 Å². The molecule has 10 heavy (non-hydrogen) atoms. The lowest BCUT2D eigenvalue weighted by molar-refractivity contribution is 0.366. The summed E-state index contributed by atoms with van der Waals surface area (Å²) in [4.78, 5) is 0. The van der Waals surface area contributed by atoms with E-state index in [0.717, 1.165) is 19.1 Å². The summed E-state index contributed by atoms with van der Waals surface area (Å²) in [6.07, 6.45) is 2.76. The molecule has 0 spiro atoms. The molecule has 0 saturated carbocycles. The Morgan fingerprint density at radius 2 is 2.10 bits per heavy atom. The van der Waals surface area contributed by atoms with E-state index in [1.807, 2.05) is 0 Å². The standard InChI is InChI=1S/C7H14N2S/c1-2-6-7(10-5-1)9-4-3-8-6/h6-9H,1-5H2. The number of nitrogens with one attached hydrogen (secondary N) is 2. The highest BCUT2D eigenvalue weighted by molar-refractivity contribution is 7.99. The fourth-order valence-corrected chi connectivity index (χ4v) is 2.95. The van der Waals surface area contributed by atoms with Gasteiger partial charge in [0.1, 0.15) is 0 Å². The lowest BCUT2D eigenvalue weighted by atomic mass is 10.1. The highest BCUT2D eigenvalue weighted by Crippen LogP contribution is 2.24. The molecule has 2 aliphatic heterocycles. The first-order chi connectivity index (χ1) is 4.97. The van der Waals surface area contributed by atoms with Crippen LogP contribution in [0.15, 0.2) is 0 Å². The molecule has 58 valence electrons. The summed E-state index contributed by atoms with van der Waals surface area (Å²) in [5.41, 5.74) is 0. The van der Waals surface area contributed by atoms with E-state index in [1.165, 1.54) is 18.6 Å². The normalized spacial score (nSPS) is 40.8. The number of hydrogen-bond acceptors (Lipinski definition) is 3. The number of rotatable bonds is 0. The predicted octanol–water partition coefficient (Wildman–Crippen LogP) is 0.401. The minimum absolute atomic E-state index is 0.711. The largest absolute Gasteiger partial charge is 0.310 e. The van der Waals surface area contributed by atoms with Crippen LogP contribution in [0, 0.1) is 0 Å². The lowest BCUT2D eigenvalue weighted by Crippen LogP contribution is -2.55. The van der Waals surface area contributed by atoms with Crippen molar-refractivity contribution >= 4 is 11.8 Å². The molecule has 0 radical (unpaired) electrons. The molecular formula is C7H14N2S. The summed E-state index contributed by atoms with van der Waals surface area (Å²) in [6.45, 7) is 2.30. The van der Waals surface area contributed by atoms with E-state index in [4.69, 9.17) is 0 Å². The van der Waals surface area contributed by atoms with Gasteiger partial charge in [-0.3, -0.25) is 0 Å². The molecule has 2 fully saturated rings. The molecule has 0 aromatic carbocycles. The summed E-state index contributed by atoms with van der Waals surface area (Å²) in [5.74, 6) is 1.34. The Morgan fingerprint density at radius 3 is 3.00 bits per heavy atom. The van der Waals surface area contributed by atoms with Gasteiger partial charge in [-0.2, -0.15) is 0 Å². The summed E-state index contributed by atoms with van der Waals surface area (Å²) in [7, 11) is 0. The molecule has 2 aliphatic rings. The Kier molecular flexibility index (Phi) is 2.16. The summed E-state index contributed by atoms with van der Waals surface area (Å²) in [6, 6.07) is 0.757. The van der Waals surface area contributed by atoms with Gasteiger partial charge in [-0.05, 0) is 18.6 Å². The van der Waals surface area contributed by atoms with Crippen LogP contribution in [0.25, 0.3) is 0 Å². The van der Waals surface area contributed by atoms with E-state index in [9.17, 15) is 0 Å². The summed E-state index contributed by atoms with van der Waals surface area (Å²) < 4.78 is 0. The van der Waals surface area contributed by atoms with Gasteiger partial charge in [0.25, 0.3) is 0 Å². The van der Waals surface area contributed by atoms with Gasteiger partial charge in [0.05, 0.1) is 5.37 Å². The first-order valence-electron chi connectivity index (χ1n) is 4.05. The van der Waals surface area contributed by atoms with Crippen molar-refractivity contribution in [3.63, 3.8) is 0 Å². The maximum atomic E-state index is 3.54. The van der Waals surface area contributed by atoms with E-state index in [0.29, 0.717) is 5.37 Å². The van der Waals surface area contributed by atoms with Crippen molar-refractivity contribution in [3.8, 4) is 0 Å². The summed E-state index contributed by atoms with van der Waals surface area (Å²) in [5, 5.41) is 7.77. The van der Waals surface area contributed by atoms with Crippen molar-refractivity contribution < 1.29 is 0 Å². The first-order valence-corrected chi connectivity index (χ1v) is 5.10. The van der Waals surface area contributed by atoms with Gasteiger partial charge in [0.15, 0.2) is 0 Å². The minimum Gasteiger partial charge on any atom is -0.310 e. The minimum atomic E-state index is 0.711. The highest BCUT2D eigenvalue weighted by Gasteiger charge is 2.26. The first kappa shape index (κ1) is 6.95. The Hall–Kier alpha value is 0.270. The molecule has 2 heterocycles. The maximum Gasteiger partial charge on any atom is 0.0688 e. The van der Waals surface area contributed by atoms with E-state index < -0.39 is 0 Å². The molecule has 2 rings (SSSR count). The molecule has 0 aromatic rings. The van der Waals surface area contributed by atoms with Gasteiger partial charge >= 0.3 is 0 Å². The Bertz CT molecular complexity index is 92.2. The average molecular weight is 158 g/mol. The molecule has 0 aromatic heterocycles. The van der Waals surface area contributed by atoms with Crippen LogP contribution in [0.2, 0.25) is 0 Å². The van der Waals surface area contributed by atoms with Crippen LogP contribution in [-0.2, 0) is 0 Å². The lowest BCUT2D eigenvalue weighted by Gasteiger charge is -2.36. The number of piperazine rings is 1. The zero-order chi connectivity index (χ0) is 6.81. The van der Waals surface area contributed by atoms with Crippen LogP contribution in [0.5, 0.6) is 0 Å². The zero-order valence-corrected chi connectivity index (χ0v) is 6.91. The van der Waals surface area contributed by atoms with Gasteiger partial charge in [-0.1, -0.05) is 0 Å². The average Bonchev–Trinajstić information content (AvgIpc) is 2.05. The number of hydrogen-bond donors (Lipinski definition) is 2. The van der Waals surface area contributed by atoms with E-state index in [1.54, 1.807) is 0 Å². The molecule has 2 unspecified atom stereocenters. The van der Waals surface area contributed by atoms with Gasteiger partial charge in [0.2, 0.25) is 0 Å². The Balaban J connectivity index is 1.93. The molecule has 0 bridgehead atoms. The molecule has 2 N–H and O–H groups in total. The zero-order valence-electron chi connectivity index (χ0n) is 6.10. The van der Waals surface area contributed by atoms with Gasteiger partial charge in [-0.25, -0.2) is 0 Å². The third kappa shape index (κ3) is 1.31. The number of thioether (sulfide) groups is 1. The molecule has 2 atom stereocenters. The SMILES string of the molecule is C1CSC2NCCNC2C1. The van der Waals surface area contributed by atoms with Gasteiger partial charge < -0.3 is 10.6 Å². The maximum absolute atomic E-state index is 3.54. The second-order valence-corrected chi connectivity index (χ2v) is 4.20. The molecular weight excluding hydrogens is 144 g/mol. The number of fused-ring (bicyclic) bond motifs is 1. The van der Waals surface area contributed by atoms with Crippen molar-refractivity contribution in [1.82, 2.24) is 10.6 Å². The fraction of sp³-hybridized carbons (Fsp3) is 1.00. The molecule has 3 heteroatoms. The second kappa shape index (κ2) is 3.11. The Morgan fingerprint density at radius 1 is 1.20 bits per heavy atom. The van der Waals surface area contributed by atoms with E-state index >= 15 is 0 Å². The molecule has 0 amide bonds. The van der Waals surface area contributed by atoms with Crippen LogP contribution in [0.1, 0.15) is 12.8 Å². The molecule has 2 saturated heterocycles. The van der Waals surface area contributed by atoms with E-state index in [2.05, 4.69) is 22.4 Å². The van der Waals surface area contributed by atoms with Crippen LogP contribution >= 0.6 is 11.8 Å². The van der Waals surface area contributed by atoms with Crippen molar-refractivity contribution in [3.05, 3.63) is 0 Å². The topological polar surface area (TPSA) is 24.1 Å². The van der Waals surface area contributed by atoms with Crippen molar-refractivity contribution in [2.24, 2.45) is 0 Å². The Labute approximate surface area is 66.1 Å². The van der Waals surface area contributed by atoms with Crippen molar-refractivity contribution in [2.45, 2.75) is 24.3 Å². The highest BCUT2D eigenvalue weighted by atomic mass is 32.2. The van der Waals surface area contributed by atoms with E-state index in [-0.39, 0.29) is 0 Å². The van der Waals surface area contributed by atoms with Gasteiger partial charge in [-0.15, -0.1) is 11.8 Å². The fourth-order valence-electron chi connectivity index (χ4n) is 1.66. The third-order valence-electron chi connectivity index (χ3n) is 2.20. The second-order valence-electron chi connectivity index (χ2n) is 2.95. The third-order valence-corrected chi connectivity index (χ3v) is 3.58. The monoisotopic (exact) mass is 158 g/mol. The molecule has 0 aliphatic carbocycles. The molecule has 2 nitrogen and oxygen atoms in total. The van der Waals surface area contributed by atoms with Crippen molar-refractivity contribution in [2.75, 3.05) is 18.8 Å². The van der Waals surface area contributed by atoms with Crippen LogP contribution in [0.3, 0.4) is 0 Å². The van der Waals surface area contributed by atoms with Crippen LogP contribution in [-0.4, -0.2) is 30.3 Å².